The van der Waals surface area contributed by atoms with Crippen molar-refractivity contribution in [2.24, 2.45) is 92.7 Å². The van der Waals surface area contributed by atoms with Gasteiger partial charge in [-0.05, 0) is 254 Å². The van der Waals surface area contributed by atoms with Crippen molar-refractivity contribution >= 4 is 87.4 Å². The summed E-state index contributed by atoms with van der Waals surface area (Å²) in [4.78, 5) is 90.8. The number of hydrogen-bond acceptors (Lipinski definition) is 18. The second-order valence-electron chi connectivity index (χ2n) is 38.8. The van der Waals surface area contributed by atoms with Crippen LogP contribution < -0.4 is 26.6 Å². The van der Waals surface area contributed by atoms with E-state index in [0.717, 1.165) is 109 Å². The molecule has 4 saturated heterocycles. The summed E-state index contributed by atoms with van der Waals surface area (Å²) < 4.78 is 35.3. The molecule has 2 aromatic carbocycles. The smallest absolute Gasteiger partial charge is 0.407 e. The van der Waals surface area contributed by atoms with Gasteiger partial charge < -0.3 is 54.8 Å². The number of benzene rings is 2. The molecule has 24 nitrogen and oxygen atoms in total. The Bertz CT molecular complexity index is 4190. The van der Waals surface area contributed by atoms with Crippen LogP contribution in [0.2, 0.25) is 0 Å². The van der Waals surface area contributed by atoms with Crippen molar-refractivity contribution in [3.05, 3.63) is 48.8 Å². The standard InChI is InChI=1S/C87H120N12O12S2/c1-48(10-24-74(100)107-44-72-78-68(46-112-72)89-80(104)91-78)60-20-22-62-58-18-14-52-38-54(26-30-84(52,6)64(58)28-32-86(60,62)8)109-76(102)42-97-40-66(93-95-97)50-12-16-56-57-17-13-51(37-71(57)99(70(56)36-50)35-34-88-82(106)111-83(3,4)5)67-41-98(96-94-67)43-77(103)110-55-27-31-85(7)53(39-55)15-19-59-63-23-21-61(87(63,9)33-29-65(59)85)49(2)11-25-75(101)108-45-73-79-69(47-113-73)90-81(105)92-79/h12-13,16-17,36-37,40-41,48-49,52-55,58-65,68-69,72-73,78-79H,10-11,14-15,18-35,38-39,42-47H2,1-9H3,(H,88,106)(H2,89,91,104)(H2,90,92,105)/t48-,49-,52-,53+,54-,55-,58+,59+,60?,61?,62+,63+,64?,65?,68+,69+,72+,73+,78+,79+,84?,85?,86?,87?/m1/s1. The average Bonchev–Trinajstić information content (AvgIpc) is 1.68. The molecule has 0 bridgehead atoms. The fraction of sp³-hybridized carbons (Fsp3) is 0.736. The van der Waals surface area contributed by atoms with E-state index in [-0.39, 0.29) is 124 Å². The summed E-state index contributed by atoms with van der Waals surface area (Å²) in [6, 6.07) is 12.4. The van der Waals surface area contributed by atoms with Gasteiger partial charge in [-0.1, -0.05) is 76.2 Å². The van der Waals surface area contributed by atoms with Crippen molar-refractivity contribution in [3.63, 3.8) is 0 Å². The molecule has 17 rings (SSSR count). The largest absolute Gasteiger partial charge is 0.464 e. The summed E-state index contributed by atoms with van der Waals surface area (Å²) in [7, 11) is 0. The molecule has 8 unspecified atom stereocenters. The van der Waals surface area contributed by atoms with Crippen LogP contribution in [0.4, 0.5) is 14.4 Å². The first kappa shape index (κ1) is 78.4. The van der Waals surface area contributed by atoms with E-state index in [9.17, 15) is 33.6 Å². The third kappa shape index (κ3) is 15.3. The third-order valence-electron chi connectivity index (χ3n) is 31.8. The minimum atomic E-state index is -0.666. The number of urea groups is 2. The number of hydrogen-bond donors (Lipinski definition) is 5. The van der Waals surface area contributed by atoms with Crippen LogP contribution in [0.15, 0.2) is 48.8 Å². The van der Waals surface area contributed by atoms with E-state index in [1.165, 1.54) is 64.2 Å². The maximum absolute atomic E-state index is 13.9. The van der Waals surface area contributed by atoms with Gasteiger partial charge in [0.25, 0.3) is 0 Å². The minimum Gasteiger partial charge on any atom is -0.464 e. The summed E-state index contributed by atoms with van der Waals surface area (Å²) in [5.74, 6) is 7.99. The third-order valence-corrected chi connectivity index (χ3v) is 34.6. The van der Waals surface area contributed by atoms with E-state index < -0.39 is 11.7 Å². The summed E-state index contributed by atoms with van der Waals surface area (Å²) in [5.41, 5.74) is 4.98. The van der Waals surface area contributed by atoms with Crippen LogP contribution in [0.3, 0.4) is 0 Å². The number of nitrogens with zero attached hydrogens (tertiary/aromatic N) is 7. The second-order valence-corrected chi connectivity index (χ2v) is 41.4. The van der Waals surface area contributed by atoms with Gasteiger partial charge in [-0.25, -0.2) is 23.7 Å². The zero-order valence-electron chi connectivity index (χ0n) is 67.7. The molecule has 5 amide bonds. The van der Waals surface area contributed by atoms with Crippen LogP contribution in [-0.4, -0.2) is 160 Å². The van der Waals surface area contributed by atoms with Gasteiger partial charge in [0, 0.05) is 70.4 Å². The molecule has 5 N–H and O–H groups in total. The van der Waals surface area contributed by atoms with Crippen molar-refractivity contribution in [2.75, 3.05) is 31.3 Å². The van der Waals surface area contributed by atoms with E-state index >= 15 is 0 Å². The topological polar surface area (TPSA) is 292 Å². The monoisotopic (exact) mass is 1590 g/mol. The normalized spacial score (nSPS) is 36.5. The predicted octanol–water partition coefficient (Wildman–Crippen LogP) is 14.2. The number of alkyl carbamates (subject to hydrolysis) is 1. The van der Waals surface area contributed by atoms with Gasteiger partial charge in [0.05, 0.1) is 47.1 Å². The molecular formula is C87H120N12O12S2. The average molecular weight is 1590 g/mol. The van der Waals surface area contributed by atoms with Crippen LogP contribution in [0.5, 0.6) is 0 Å². The molecule has 8 saturated carbocycles. The highest BCUT2D eigenvalue weighted by atomic mass is 32.2. The Kier molecular flexibility index (Phi) is 21.6. The Hall–Kier alpha value is -7.09. The lowest BCUT2D eigenvalue weighted by Crippen LogP contribution is -2.54. The number of nitrogens with one attached hydrogen (secondary N) is 5. The van der Waals surface area contributed by atoms with E-state index in [1.807, 2.05) is 45.3 Å². The molecule has 4 aliphatic heterocycles. The van der Waals surface area contributed by atoms with Gasteiger partial charge in [0.2, 0.25) is 0 Å². The number of ether oxygens (including phenoxy) is 5. The maximum Gasteiger partial charge on any atom is 0.407 e. The molecule has 0 spiro atoms. The lowest BCUT2D eigenvalue weighted by atomic mass is 9.44. The lowest BCUT2D eigenvalue weighted by molar-refractivity contribution is -0.164. The zero-order chi connectivity index (χ0) is 78.6. The molecule has 113 heavy (non-hydrogen) atoms. The van der Waals surface area contributed by atoms with Crippen LogP contribution in [-0.2, 0) is 62.5 Å². The number of carbonyl (C=O) groups is 7. The Morgan fingerprint density at radius 2 is 1.00 bits per heavy atom. The SMILES string of the molecule is C[C@H](CCC(=O)OC[C@@H]1SC[C@@H]2NC(=O)N[C@@H]21)C1CC[C@H]2[C@@H]3CC[C@@H]4C[C@H](OC(=O)Cn5cc(-c6ccc7c8ccc(-c9cn(CC(=O)O[C@@H]%10CCC%11(C)C%12CCC%13(C)C([C@H](C)CCC(=O)OC[C@@H]%14SC[C@@H]%15NC(=O)N[C@@H]%15%14)CC[C@H]%13[C@@H]%12CC[C@H]%11C%10)nn9)cc8n(CCNC(=O)OC(C)(C)C)c7c6)nn5)CCC4(C)C3CCC12C. The van der Waals surface area contributed by atoms with Crippen LogP contribution in [0, 0.1) is 92.7 Å². The molecule has 612 valence electrons. The highest BCUT2D eigenvalue weighted by Crippen LogP contribution is 2.71. The molecule has 8 aliphatic carbocycles. The summed E-state index contributed by atoms with van der Waals surface area (Å²) >= 11 is 3.52. The Morgan fingerprint density at radius 1 is 0.558 bits per heavy atom. The highest BCUT2D eigenvalue weighted by molar-refractivity contribution is 8.00. The van der Waals surface area contributed by atoms with Crippen molar-refractivity contribution < 1.29 is 57.2 Å². The molecular weight excluding hydrogens is 1470 g/mol. The molecule has 24 atom stereocenters. The molecule has 12 fully saturated rings. The Balaban J connectivity index is 0.488. The van der Waals surface area contributed by atoms with Gasteiger partial charge >= 0.3 is 42.0 Å². The lowest BCUT2D eigenvalue weighted by Gasteiger charge is -2.61. The fourth-order valence-corrected chi connectivity index (χ4v) is 29.0. The minimum absolute atomic E-state index is 0.0169. The molecule has 0 radical (unpaired) electrons. The van der Waals surface area contributed by atoms with Gasteiger partial charge in [-0.2, -0.15) is 23.5 Å². The van der Waals surface area contributed by atoms with E-state index in [0.29, 0.717) is 115 Å². The number of aromatic nitrogens is 7. The molecule has 5 aromatic rings. The van der Waals surface area contributed by atoms with Gasteiger partial charge in [0.15, 0.2) is 0 Å². The first-order valence-corrected chi connectivity index (χ1v) is 45.2. The molecule has 12 aliphatic rings. The van der Waals surface area contributed by atoms with Crippen molar-refractivity contribution in [2.45, 2.75) is 276 Å². The van der Waals surface area contributed by atoms with Gasteiger partial charge in [-0.15, -0.1) is 10.2 Å². The number of esters is 4. The summed E-state index contributed by atoms with van der Waals surface area (Å²) in [6.07, 6.45) is 25.7. The van der Waals surface area contributed by atoms with E-state index in [2.05, 4.69) is 118 Å². The van der Waals surface area contributed by atoms with E-state index in [1.54, 1.807) is 32.9 Å². The van der Waals surface area contributed by atoms with Crippen LogP contribution in [0.1, 0.15) is 204 Å². The predicted molar refractivity (Wildman–Crippen MR) is 432 cm³/mol. The van der Waals surface area contributed by atoms with E-state index in [4.69, 9.17) is 23.7 Å². The summed E-state index contributed by atoms with van der Waals surface area (Å²) in [6.45, 7) is 21.8. The highest BCUT2D eigenvalue weighted by Gasteiger charge is 2.63. The number of rotatable bonds is 23. The summed E-state index contributed by atoms with van der Waals surface area (Å²) in [5, 5.41) is 35.2. The molecule has 3 aromatic heterocycles. The van der Waals surface area contributed by atoms with Crippen LogP contribution in [0.25, 0.3) is 44.3 Å². The number of fused-ring (bicyclic) bond motifs is 15. The molecule has 26 heteroatoms. The quantitative estimate of drug-likeness (QED) is 0.0231. The van der Waals surface area contributed by atoms with Gasteiger partial charge in [0.1, 0.15) is 55.5 Å². The molecule has 7 heterocycles. The number of thioether (sulfide) groups is 2. The zero-order valence-corrected chi connectivity index (χ0v) is 69.4. The first-order valence-electron chi connectivity index (χ1n) is 43.1. The van der Waals surface area contributed by atoms with Crippen LogP contribution >= 0.6 is 23.5 Å². The number of amides is 5. The van der Waals surface area contributed by atoms with Crippen molar-refractivity contribution in [3.8, 4) is 22.5 Å². The Labute approximate surface area is 672 Å². The maximum atomic E-state index is 13.9. The fourth-order valence-electron chi connectivity index (χ4n) is 26.2. The number of carbonyl (C=O) groups excluding carboxylic acids is 7. The first-order chi connectivity index (χ1) is 54.2. The second kappa shape index (κ2) is 31.1. The van der Waals surface area contributed by atoms with Gasteiger partial charge in [-0.3, -0.25) is 19.2 Å². The van der Waals surface area contributed by atoms with Crippen molar-refractivity contribution in [1.82, 2.24) is 61.1 Å². The Morgan fingerprint density at radius 3 is 1.45 bits per heavy atom. The van der Waals surface area contributed by atoms with Crippen molar-refractivity contribution in [1.29, 1.82) is 0 Å².